The molecule has 2 heterocycles. The van der Waals surface area contributed by atoms with Crippen LogP contribution in [0.15, 0.2) is 86.3 Å². The highest BCUT2D eigenvalue weighted by Crippen LogP contribution is 2.48. The van der Waals surface area contributed by atoms with Gasteiger partial charge in [0.25, 0.3) is 10.1 Å². The Morgan fingerprint density at radius 3 is 2.41 bits per heavy atom. The summed E-state index contributed by atoms with van der Waals surface area (Å²) < 4.78 is 41.6. The summed E-state index contributed by atoms with van der Waals surface area (Å²) in [7, 11) is -1.76. The highest BCUT2D eigenvalue weighted by Gasteiger charge is 2.27. The van der Waals surface area contributed by atoms with Crippen LogP contribution < -0.4 is 4.90 Å². The van der Waals surface area contributed by atoms with Gasteiger partial charge in [-0.05, 0) is 87.4 Å². The van der Waals surface area contributed by atoms with E-state index in [1.165, 1.54) is 59.1 Å². The van der Waals surface area contributed by atoms with E-state index in [2.05, 4.69) is 53.2 Å². The number of fused-ring (bicyclic) bond motifs is 2. The molecule has 198 valence electrons. The first kappa shape index (κ1) is 28.0. The first-order valence-corrected chi connectivity index (χ1v) is 16.2. The van der Waals surface area contributed by atoms with Crippen molar-refractivity contribution in [2.75, 3.05) is 31.3 Å². The van der Waals surface area contributed by atoms with Crippen molar-refractivity contribution in [3.05, 3.63) is 72.3 Å². The Labute approximate surface area is 228 Å². The van der Waals surface area contributed by atoms with Crippen molar-refractivity contribution in [1.29, 1.82) is 0 Å². The van der Waals surface area contributed by atoms with Crippen molar-refractivity contribution >= 4 is 44.4 Å². The normalized spacial score (nSPS) is 18.3. The second-order valence-electron chi connectivity index (χ2n) is 9.51. The molecule has 0 saturated carbocycles. The third-order valence-electron chi connectivity index (χ3n) is 6.86. The molecule has 0 amide bonds. The van der Waals surface area contributed by atoms with Crippen LogP contribution >= 0.6 is 11.8 Å². The Hall–Kier alpha value is -2.01. The monoisotopic (exact) mass is 558 g/mol. The third kappa shape index (κ3) is 7.10. The number of likely N-dealkylation sites (tertiary alicyclic amines) is 1. The fourth-order valence-corrected chi connectivity index (χ4v) is 6.82. The molecular formula is C28H34N2O4S3. The zero-order valence-corrected chi connectivity index (χ0v) is 23.9. The summed E-state index contributed by atoms with van der Waals surface area (Å²) in [6.45, 7) is 4.06. The molecule has 5 rings (SSSR count). The number of rotatable bonds is 5. The number of hydrogen-bond acceptors (Lipinski definition) is 6. The minimum Gasteiger partial charge on any atom is -0.612 e. The molecule has 0 spiro atoms. The van der Waals surface area contributed by atoms with Gasteiger partial charge in [-0.2, -0.15) is 8.42 Å². The predicted molar refractivity (Wildman–Crippen MR) is 152 cm³/mol. The third-order valence-corrected chi connectivity index (χ3v) is 9.77. The van der Waals surface area contributed by atoms with E-state index in [0.29, 0.717) is 6.04 Å². The van der Waals surface area contributed by atoms with Crippen LogP contribution in [-0.4, -0.2) is 54.9 Å². The fourth-order valence-electron chi connectivity index (χ4n) is 4.73. The molecule has 2 unspecified atom stereocenters. The maximum absolute atomic E-state index is 12.0. The minimum absolute atomic E-state index is 0.0666. The Morgan fingerprint density at radius 1 is 1.03 bits per heavy atom. The smallest absolute Gasteiger partial charge is 0.294 e. The molecule has 0 aromatic heterocycles. The van der Waals surface area contributed by atoms with Gasteiger partial charge in [0.1, 0.15) is 6.26 Å². The quantitative estimate of drug-likeness (QED) is 0.297. The van der Waals surface area contributed by atoms with E-state index < -0.39 is 21.3 Å². The summed E-state index contributed by atoms with van der Waals surface area (Å²) in [4.78, 5) is 8.37. The Morgan fingerprint density at radius 2 is 1.73 bits per heavy atom. The number of anilines is 2. The fraction of sp³-hybridized carbons (Fsp3) is 0.357. The van der Waals surface area contributed by atoms with Gasteiger partial charge in [0.15, 0.2) is 4.90 Å². The second kappa shape index (κ2) is 12.2. The summed E-state index contributed by atoms with van der Waals surface area (Å²) in [6, 6.07) is 21.6. The van der Waals surface area contributed by atoms with Crippen molar-refractivity contribution in [2.24, 2.45) is 0 Å². The Balaban J connectivity index is 0.000000245. The zero-order chi connectivity index (χ0) is 26.6. The lowest BCUT2D eigenvalue weighted by Gasteiger charge is -2.37. The largest absolute Gasteiger partial charge is 0.612 e. The van der Waals surface area contributed by atoms with E-state index in [4.69, 9.17) is 4.55 Å². The Bertz CT molecular complexity index is 1310. The van der Waals surface area contributed by atoms with E-state index in [-0.39, 0.29) is 4.90 Å². The van der Waals surface area contributed by atoms with E-state index in [1.54, 1.807) is 18.4 Å². The Kier molecular flexibility index (Phi) is 9.26. The van der Waals surface area contributed by atoms with Crippen molar-refractivity contribution in [1.82, 2.24) is 4.90 Å². The lowest BCUT2D eigenvalue weighted by Crippen LogP contribution is -2.38. The average Bonchev–Trinajstić information content (AvgIpc) is 2.87. The molecule has 0 radical (unpaired) electrons. The highest BCUT2D eigenvalue weighted by atomic mass is 32.2. The zero-order valence-electron chi connectivity index (χ0n) is 21.5. The topological polar surface area (TPSA) is 83.9 Å². The maximum Gasteiger partial charge on any atom is 0.294 e. The molecular weight excluding hydrogens is 525 g/mol. The summed E-state index contributed by atoms with van der Waals surface area (Å²) in [6.07, 6.45) is 6.88. The van der Waals surface area contributed by atoms with Crippen LogP contribution in [0.1, 0.15) is 31.2 Å². The van der Waals surface area contributed by atoms with E-state index in [9.17, 15) is 13.0 Å². The van der Waals surface area contributed by atoms with Gasteiger partial charge in [0.2, 0.25) is 0 Å². The van der Waals surface area contributed by atoms with Crippen LogP contribution in [-0.2, 0) is 21.3 Å². The van der Waals surface area contributed by atoms with Crippen molar-refractivity contribution < 1.29 is 17.5 Å². The molecule has 0 aliphatic carbocycles. The van der Waals surface area contributed by atoms with E-state index in [1.807, 2.05) is 24.8 Å². The first-order chi connectivity index (χ1) is 17.6. The summed E-state index contributed by atoms with van der Waals surface area (Å²) in [5.41, 5.74) is 3.44. The number of aryl methyl sites for hydroxylation is 1. The van der Waals surface area contributed by atoms with Crippen LogP contribution in [0.2, 0.25) is 0 Å². The van der Waals surface area contributed by atoms with Gasteiger partial charge in [-0.3, -0.25) is 4.55 Å². The standard InChI is InChI=1S/C21H26N2OS2.C7H8O3S/c1-22-13-6-5-7-16(22)12-14-23-18-8-3-4-9-20(18)25-21-11-10-17(26(2)24)15-19(21)23;1-6-2-4-7(5-3-6)11(8,9)10/h3-4,8-11,15-16H,5-7,12-14H2,1-2H3;2-5H,1H3,(H,8,9,10). The molecule has 1 saturated heterocycles. The summed E-state index contributed by atoms with van der Waals surface area (Å²) in [5, 5.41) is 0. The first-order valence-electron chi connectivity index (χ1n) is 12.4. The van der Waals surface area contributed by atoms with Crippen LogP contribution in [0.3, 0.4) is 0 Å². The van der Waals surface area contributed by atoms with Crippen molar-refractivity contribution in [3.8, 4) is 0 Å². The number of piperidine rings is 1. The summed E-state index contributed by atoms with van der Waals surface area (Å²) >= 11 is 0.860. The van der Waals surface area contributed by atoms with Crippen molar-refractivity contribution in [3.63, 3.8) is 0 Å². The lowest BCUT2D eigenvalue weighted by molar-refractivity contribution is 0.178. The van der Waals surface area contributed by atoms with E-state index in [0.717, 1.165) is 23.4 Å². The average molecular weight is 559 g/mol. The SMILES string of the molecule is CN1CCCCC1CCN1c2ccccc2Sc2ccc([S+](C)[O-])cc21.Cc1ccc(S(=O)(=O)O)cc1. The van der Waals surface area contributed by atoms with Gasteiger partial charge >= 0.3 is 0 Å². The van der Waals surface area contributed by atoms with Crippen LogP contribution in [0, 0.1) is 6.92 Å². The van der Waals surface area contributed by atoms with Gasteiger partial charge in [-0.1, -0.05) is 48.0 Å². The molecule has 3 aromatic rings. The number of para-hydroxylation sites is 1. The van der Waals surface area contributed by atoms with E-state index >= 15 is 0 Å². The highest BCUT2D eigenvalue weighted by molar-refractivity contribution is 7.99. The van der Waals surface area contributed by atoms with Gasteiger partial charge < -0.3 is 14.4 Å². The maximum atomic E-state index is 12.0. The van der Waals surface area contributed by atoms with Gasteiger partial charge in [0.05, 0.1) is 16.3 Å². The predicted octanol–water partition coefficient (Wildman–Crippen LogP) is 6.14. The van der Waals surface area contributed by atoms with Gasteiger partial charge in [0, 0.05) is 28.4 Å². The molecule has 3 aromatic carbocycles. The summed E-state index contributed by atoms with van der Waals surface area (Å²) in [5.74, 6) is 0. The van der Waals surface area contributed by atoms with Crippen LogP contribution in [0.5, 0.6) is 0 Å². The number of nitrogens with zero attached hydrogens (tertiary/aromatic N) is 2. The van der Waals surface area contributed by atoms with Gasteiger partial charge in [-0.25, -0.2) is 0 Å². The number of hydrogen-bond donors (Lipinski definition) is 1. The van der Waals surface area contributed by atoms with Gasteiger partial charge in [-0.15, -0.1) is 0 Å². The van der Waals surface area contributed by atoms with Crippen LogP contribution in [0.25, 0.3) is 0 Å². The molecule has 0 bridgehead atoms. The molecule has 1 fully saturated rings. The molecule has 9 heteroatoms. The van der Waals surface area contributed by atoms with Crippen molar-refractivity contribution in [2.45, 2.75) is 58.2 Å². The lowest BCUT2D eigenvalue weighted by atomic mass is 9.99. The molecule has 6 nitrogen and oxygen atoms in total. The molecule has 37 heavy (non-hydrogen) atoms. The number of benzene rings is 3. The minimum atomic E-state index is -4.02. The molecule has 2 atom stereocenters. The molecule has 1 N–H and O–H groups in total. The molecule has 2 aliphatic rings. The van der Waals surface area contributed by atoms with Crippen LogP contribution in [0.4, 0.5) is 11.4 Å². The molecule has 2 aliphatic heterocycles. The second-order valence-corrected chi connectivity index (χ2v) is 13.4.